The summed E-state index contributed by atoms with van der Waals surface area (Å²) in [6.45, 7) is -0.200. The summed E-state index contributed by atoms with van der Waals surface area (Å²) in [5, 5.41) is 21.1. The van der Waals surface area contributed by atoms with Crippen LogP contribution in [-0.4, -0.2) is 40.0 Å². The predicted octanol–water partition coefficient (Wildman–Crippen LogP) is 0.215. The molecule has 1 spiro atoms. The molecule has 0 saturated carbocycles. The lowest BCUT2D eigenvalue weighted by atomic mass is 9.63. The van der Waals surface area contributed by atoms with E-state index in [0.29, 0.717) is 5.57 Å². The Morgan fingerprint density at radius 2 is 2.17 bits per heavy atom. The number of hydrogen-bond acceptors (Lipinski definition) is 6. The molecular weight excluding hydrogens is 302 g/mol. The van der Waals surface area contributed by atoms with Gasteiger partial charge in [-0.05, 0) is 12.0 Å². The van der Waals surface area contributed by atoms with E-state index in [0.717, 1.165) is 5.01 Å². The quantitative estimate of drug-likeness (QED) is 0.435. The molecule has 1 atom stereocenters. The van der Waals surface area contributed by atoms with E-state index in [1.54, 1.807) is 24.3 Å². The van der Waals surface area contributed by atoms with Crippen molar-refractivity contribution in [3.05, 3.63) is 57.3 Å². The van der Waals surface area contributed by atoms with Crippen LogP contribution in [0.25, 0.3) is 0 Å². The Kier molecular flexibility index (Phi) is 3.70. The van der Waals surface area contributed by atoms with Gasteiger partial charge in [-0.3, -0.25) is 19.7 Å². The van der Waals surface area contributed by atoms with Crippen molar-refractivity contribution in [2.45, 2.75) is 12.8 Å². The molecule has 0 aromatic rings. The lowest BCUT2D eigenvalue weighted by molar-refractivity contribution is -0.421. The van der Waals surface area contributed by atoms with Crippen LogP contribution < -0.4 is 5.43 Å². The van der Waals surface area contributed by atoms with Crippen molar-refractivity contribution in [1.82, 2.24) is 10.4 Å². The summed E-state index contributed by atoms with van der Waals surface area (Å²) < 4.78 is 0. The number of allylic oxidation sites excluding steroid dienone is 5. The highest BCUT2D eigenvalue weighted by Crippen LogP contribution is 2.51. The molecule has 2 amide bonds. The Labute approximate surface area is 131 Å². The zero-order valence-corrected chi connectivity index (χ0v) is 12.2. The third kappa shape index (κ3) is 2.14. The van der Waals surface area contributed by atoms with Gasteiger partial charge in [0.1, 0.15) is 5.41 Å². The molecule has 120 valence electrons. The number of nitrogens with one attached hydrogen (secondary N) is 1. The van der Waals surface area contributed by atoms with Crippen LogP contribution in [0.3, 0.4) is 0 Å². The van der Waals surface area contributed by atoms with Crippen LogP contribution in [0.5, 0.6) is 0 Å². The molecular formula is C15H15N3O5. The molecule has 0 bridgehead atoms. The number of nitrogens with zero attached hydrogens (tertiary/aromatic N) is 2. The average molecular weight is 317 g/mol. The summed E-state index contributed by atoms with van der Waals surface area (Å²) in [4.78, 5) is 36.0. The van der Waals surface area contributed by atoms with Crippen molar-refractivity contribution >= 4 is 11.8 Å². The number of hydrogen-bond donors (Lipinski definition) is 2. The molecule has 3 rings (SSSR count). The molecule has 2 N–H and O–H groups in total. The van der Waals surface area contributed by atoms with Gasteiger partial charge in [-0.2, -0.15) is 0 Å². The topological polar surface area (TPSA) is 113 Å². The minimum absolute atomic E-state index is 0.0411. The van der Waals surface area contributed by atoms with E-state index in [4.69, 9.17) is 5.11 Å². The van der Waals surface area contributed by atoms with E-state index in [2.05, 4.69) is 5.43 Å². The number of rotatable bonds is 4. The first-order valence-corrected chi connectivity index (χ1v) is 7.17. The van der Waals surface area contributed by atoms with E-state index in [9.17, 15) is 19.7 Å². The highest BCUT2D eigenvalue weighted by Gasteiger charge is 2.56. The average Bonchev–Trinajstić information content (AvgIpc) is 2.54. The number of imide groups is 1. The van der Waals surface area contributed by atoms with E-state index >= 15 is 0 Å². The summed E-state index contributed by atoms with van der Waals surface area (Å²) in [7, 11) is 0. The fourth-order valence-corrected chi connectivity index (χ4v) is 3.27. The second-order valence-corrected chi connectivity index (χ2v) is 5.46. The zero-order chi connectivity index (χ0) is 16.6. The Morgan fingerprint density at radius 3 is 2.87 bits per heavy atom. The second kappa shape index (κ2) is 5.56. The highest BCUT2D eigenvalue weighted by molar-refractivity contribution is 6.06. The Balaban J connectivity index is 2.14. The Morgan fingerprint density at radius 1 is 1.39 bits per heavy atom. The fourth-order valence-electron chi connectivity index (χ4n) is 3.27. The van der Waals surface area contributed by atoms with Crippen LogP contribution in [0.4, 0.5) is 0 Å². The summed E-state index contributed by atoms with van der Waals surface area (Å²) >= 11 is 0. The first-order valence-electron chi connectivity index (χ1n) is 7.17. The minimum atomic E-state index is -1.22. The van der Waals surface area contributed by atoms with Crippen LogP contribution in [-0.2, 0) is 9.59 Å². The van der Waals surface area contributed by atoms with E-state index in [-0.39, 0.29) is 37.3 Å². The molecule has 1 saturated heterocycles. The molecule has 1 aliphatic heterocycles. The lowest BCUT2D eigenvalue weighted by Gasteiger charge is -2.44. The normalized spacial score (nSPS) is 26.1. The van der Waals surface area contributed by atoms with Crippen LogP contribution in [0, 0.1) is 15.5 Å². The number of nitro groups is 1. The van der Waals surface area contributed by atoms with Gasteiger partial charge in [-0.15, -0.1) is 0 Å². The van der Waals surface area contributed by atoms with Crippen LogP contribution in [0.15, 0.2) is 47.2 Å². The van der Waals surface area contributed by atoms with Gasteiger partial charge in [0.25, 0.3) is 11.6 Å². The second-order valence-electron chi connectivity index (χ2n) is 5.46. The number of aliphatic hydroxyl groups excluding tert-OH is 1. The van der Waals surface area contributed by atoms with Crippen LogP contribution in [0.1, 0.15) is 12.8 Å². The Bertz CT molecular complexity index is 719. The molecule has 2 aliphatic carbocycles. The van der Waals surface area contributed by atoms with Crippen molar-refractivity contribution in [2.24, 2.45) is 5.41 Å². The SMILES string of the molecule is O=C1CC2=C([N+](=O)[O-])C=CC3=CC=CCC32C(=O)N1NCCO. The van der Waals surface area contributed by atoms with Gasteiger partial charge in [-0.25, -0.2) is 10.4 Å². The molecule has 0 radical (unpaired) electrons. The maximum Gasteiger partial charge on any atom is 0.270 e. The van der Waals surface area contributed by atoms with Gasteiger partial charge in [0, 0.05) is 18.2 Å². The molecule has 0 aromatic carbocycles. The smallest absolute Gasteiger partial charge is 0.270 e. The van der Waals surface area contributed by atoms with Gasteiger partial charge in [-0.1, -0.05) is 24.3 Å². The van der Waals surface area contributed by atoms with Crippen molar-refractivity contribution in [3.8, 4) is 0 Å². The van der Waals surface area contributed by atoms with Crippen molar-refractivity contribution in [2.75, 3.05) is 13.2 Å². The lowest BCUT2D eigenvalue weighted by Crippen LogP contribution is -2.59. The highest BCUT2D eigenvalue weighted by atomic mass is 16.6. The molecule has 8 nitrogen and oxygen atoms in total. The predicted molar refractivity (Wildman–Crippen MR) is 79.0 cm³/mol. The molecule has 1 unspecified atom stereocenters. The summed E-state index contributed by atoms with van der Waals surface area (Å²) in [6.07, 6.45) is 8.23. The third-order valence-corrected chi connectivity index (χ3v) is 4.30. The summed E-state index contributed by atoms with van der Waals surface area (Å²) in [6, 6.07) is 0. The molecule has 3 aliphatic rings. The van der Waals surface area contributed by atoms with Gasteiger partial charge in [0.2, 0.25) is 5.91 Å². The zero-order valence-electron chi connectivity index (χ0n) is 12.2. The number of carbonyl (C=O) groups excluding carboxylic acids is 2. The van der Waals surface area contributed by atoms with Crippen LogP contribution in [0.2, 0.25) is 0 Å². The van der Waals surface area contributed by atoms with Crippen molar-refractivity contribution < 1.29 is 19.6 Å². The van der Waals surface area contributed by atoms with Gasteiger partial charge in [0.15, 0.2) is 0 Å². The number of aliphatic hydroxyl groups is 1. The van der Waals surface area contributed by atoms with E-state index in [1.165, 1.54) is 6.08 Å². The number of piperidine rings is 1. The third-order valence-electron chi connectivity index (χ3n) is 4.30. The van der Waals surface area contributed by atoms with E-state index in [1.807, 2.05) is 0 Å². The molecule has 0 aromatic heterocycles. The van der Waals surface area contributed by atoms with Gasteiger partial charge >= 0.3 is 0 Å². The van der Waals surface area contributed by atoms with Crippen LogP contribution >= 0.6 is 0 Å². The summed E-state index contributed by atoms with van der Waals surface area (Å²) in [5.41, 5.74) is 2.05. The number of carbonyl (C=O) groups is 2. The largest absolute Gasteiger partial charge is 0.395 e. The first-order chi connectivity index (χ1) is 11.0. The van der Waals surface area contributed by atoms with Crippen molar-refractivity contribution in [3.63, 3.8) is 0 Å². The Hall–Kier alpha value is -2.58. The summed E-state index contributed by atoms with van der Waals surface area (Å²) in [5.74, 6) is -1.11. The fraction of sp³-hybridized carbons (Fsp3) is 0.333. The molecule has 1 fully saturated rings. The molecule has 23 heavy (non-hydrogen) atoms. The monoisotopic (exact) mass is 317 g/mol. The number of amides is 2. The molecule has 1 heterocycles. The van der Waals surface area contributed by atoms with E-state index < -0.39 is 22.2 Å². The first kappa shape index (κ1) is 15.3. The minimum Gasteiger partial charge on any atom is -0.395 e. The molecule has 8 heteroatoms. The standard InChI is InChI=1S/C15H15N3O5/c19-8-7-16-17-13(20)9-11-12(18(22)23)5-4-10-3-1-2-6-15(10,11)14(17)21/h1-5,16,19H,6-9H2. The van der Waals surface area contributed by atoms with Gasteiger partial charge < -0.3 is 5.11 Å². The van der Waals surface area contributed by atoms with Gasteiger partial charge in [0.05, 0.1) is 18.0 Å². The maximum atomic E-state index is 13.0. The van der Waals surface area contributed by atoms with Crippen molar-refractivity contribution in [1.29, 1.82) is 0 Å². The maximum absolute atomic E-state index is 13.0. The number of hydrazine groups is 1.